The van der Waals surface area contributed by atoms with E-state index in [-0.39, 0.29) is 17.5 Å². The Kier molecular flexibility index (Phi) is 5.24. The molecule has 4 rings (SSSR count). The molecule has 1 fully saturated rings. The molecule has 0 spiro atoms. The summed E-state index contributed by atoms with van der Waals surface area (Å²) in [5, 5.41) is 2.56. The number of halogens is 2. The Labute approximate surface area is 166 Å². The molecule has 1 aliphatic heterocycles. The molecule has 29 heavy (non-hydrogen) atoms. The predicted octanol–water partition coefficient (Wildman–Crippen LogP) is 3.77. The van der Waals surface area contributed by atoms with Gasteiger partial charge in [0.25, 0.3) is 5.88 Å². The molecule has 1 aromatic heterocycles. The van der Waals surface area contributed by atoms with E-state index in [0.29, 0.717) is 31.2 Å². The van der Waals surface area contributed by atoms with Gasteiger partial charge >= 0.3 is 0 Å². The van der Waals surface area contributed by atoms with Crippen LogP contribution in [0, 0.1) is 17.6 Å². The van der Waals surface area contributed by atoms with E-state index in [9.17, 15) is 13.6 Å². The van der Waals surface area contributed by atoms with Gasteiger partial charge in [-0.05, 0) is 37.1 Å². The van der Waals surface area contributed by atoms with E-state index in [0.717, 1.165) is 29.6 Å². The highest BCUT2D eigenvalue weighted by molar-refractivity contribution is 5.93. The molecule has 1 amide bonds. The first-order chi connectivity index (χ1) is 14.0. The molecule has 1 N–H and O–H groups in total. The van der Waals surface area contributed by atoms with Gasteiger partial charge in [-0.25, -0.2) is 18.7 Å². The summed E-state index contributed by atoms with van der Waals surface area (Å²) in [6.07, 6.45) is 1.43. The van der Waals surface area contributed by atoms with Gasteiger partial charge in [-0.3, -0.25) is 4.79 Å². The molecule has 1 aliphatic rings. The molecule has 1 saturated heterocycles. The van der Waals surface area contributed by atoms with Gasteiger partial charge in [0, 0.05) is 19.2 Å². The lowest BCUT2D eigenvalue weighted by Crippen LogP contribution is -2.41. The number of ether oxygens (including phenoxy) is 1. The van der Waals surface area contributed by atoms with Gasteiger partial charge in [0.15, 0.2) is 5.82 Å². The van der Waals surface area contributed by atoms with Crippen molar-refractivity contribution in [3.8, 4) is 5.88 Å². The second-order valence-corrected chi connectivity index (χ2v) is 6.94. The standard InChI is InChI=1S/C21H20F2N4O2/c1-29-21-19(24-17-6-2-3-7-18(17)26-21)27-10-4-5-13(12-27)20(28)25-16-9-8-14(22)11-15(16)23/h2-3,6-9,11,13H,4-5,10,12H2,1H3,(H,25,28). The van der Waals surface area contributed by atoms with Crippen molar-refractivity contribution in [1.29, 1.82) is 0 Å². The van der Waals surface area contributed by atoms with Crippen molar-refractivity contribution in [2.45, 2.75) is 12.8 Å². The van der Waals surface area contributed by atoms with E-state index >= 15 is 0 Å². The molecular formula is C21H20F2N4O2. The molecule has 0 aliphatic carbocycles. The number of aromatic nitrogens is 2. The topological polar surface area (TPSA) is 67.4 Å². The summed E-state index contributed by atoms with van der Waals surface area (Å²) in [5.41, 5.74) is 1.44. The zero-order valence-corrected chi connectivity index (χ0v) is 15.9. The van der Waals surface area contributed by atoms with Crippen LogP contribution in [0.15, 0.2) is 42.5 Å². The fraction of sp³-hybridized carbons (Fsp3) is 0.286. The van der Waals surface area contributed by atoms with Crippen LogP contribution in [0.2, 0.25) is 0 Å². The quantitative estimate of drug-likeness (QED) is 0.725. The number of para-hydroxylation sites is 2. The molecule has 2 aromatic carbocycles. The largest absolute Gasteiger partial charge is 0.478 e. The first kappa shape index (κ1) is 19.0. The van der Waals surface area contributed by atoms with Crippen LogP contribution in [0.3, 0.4) is 0 Å². The molecule has 8 heteroatoms. The van der Waals surface area contributed by atoms with Gasteiger partial charge in [-0.15, -0.1) is 0 Å². The molecule has 2 heterocycles. The molecule has 0 radical (unpaired) electrons. The highest BCUT2D eigenvalue weighted by Gasteiger charge is 2.29. The van der Waals surface area contributed by atoms with Crippen LogP contribution in [0.4, 0.5) is 20.3 Å². The summed E-state index contributed by atoms with van der Waals surface area (Å²) in [6.45, 7) is 1.11. The normalized spacial score (nSPS) is 16.7. The lowest BCUT2D eigenvalue weighted by molar-refractivity contribution is -0.120. The maximum Gasteiger partial charge on any atom is 0.257 e. The maximum absolute atomic E-state index is 13.9. The fourth-order valence-corrected chi connectivity index (χ4v) is 3.53. The molecule has 6 nitrogen and oxygen atoms in total. The Bertz CT molecular complexity index is 1060. The van der Waals surface area contributed by atoms with E-state index in [4.69, 9.17) is 4.74 Å². The van der Waals surface area contributed by atoms with Crippen molar-refractivity contribution in [3.05, 3.63) is 54.1 Å². The number of carbonyl (C=O) groups is 1. The number of methoxy groups -OCH3 is 1. The minimum atomic E-state index is -0.798. The SMILES string of the molecule is COc1nc2ccccc2nc1N1CCCC(C(=O)Nc2ccc(F)cc2F)C1. The van der Waals surface area contributed by atoms with Crippen molar-refractivity contribution >= 4 is 28.4 Å². The van der Waals surface area contributed by atoms with E-state index in [1.54, 1.807) is 0 Å². The molecule has 150 valence electrons. The minimum Gasteiger partial charge on any atom is -0.478 e. The zero-order valence-electron chi connectivity index (χ0n) is 15.9. The second-order valence-electron chi connectivity index (χ2n) is 6.94. The number of nitrogens with zero attached hydrogens (tertiary/aromatic N) is 3. The molecule has 0 saturated carbocycles. The number of rotatable bonds is 4. The Morgan fingerprint density at radius 3 is 2.66 bits per heavy atom. The average Bonchev–Trinajstić information content (AvgIpc) is 2.74. The minimum absolute atomic E-state index is 0.0309. The third kappa shape index (κ3) is 3.96. The smallest absolute Gasteiger partial charge is 0.257 e. The highest BCUT2D eigenvalue weighted by Crippen LogP contribution is 2.31. The number of benzene rings is 2. The van der Waals surface area contributed by atoms with Gasteiger partial charge in [0.2, 0.25) is 5.91 Å². The summed E-state index contributed by atoms with van der Waals surface area (Å²) in [4.78, 5) is 23.8. The van der Waals surface area contributed by atoms with Crippen LogP contribution < -0.4 is 15.0 Å². The van der Waals surface area contributed by atoms with Crippen molar-refractivity contribution in [2.75, 3.05) is 30.4 Å². The number of nitrogens with one attached hydrogen (secondary N) is 1. The Balaban J connectivity index is 1.55. The van der Waals surface area contributed by atoms with Crippen LogP contribution in [-0.4, -0.2) is 36.1 Å². The van der Waals surface area contributed by atoms with Gasteiger partial charge in [-0.1, -0.05) is 12.1 Å². The van der Waals surface area contributed by atoms with Crippen molar-refractivity contribution in [2.24, 2.45) is 5.92 Å². The number of carbonyl (C=O) groups excluding carboxylic acids is 1. The van der Waals surface area contributed by atoms with Crippen LogP contribution in [0.25, 0.3) is 11.0 Å². The third-order valence-corrected chi connectivity index (χ3v) is 5.00. The lowest BCUT2D eigenvalue weighted by Gasteiger charge is -2.33. The van der Waals surface area contributed by atoms with Gasteiger partial charge in [0.1, 0.15) is 11.6 Å². The van der Waals surface area contributed by atoms with Crippen molar-refractivity contribution < 1.29 is 18.3 Å². The van der Waals surface area contributed by atoms with Gasteiger partial charge < -0.3 is 15.0 Å². The lowest BCUT2D eigenvalue weighted by atomic mass is 9.97. The zero-order chi connectivity index (χ0) is 20.4. The number of fused-ring (bicyclic) bond motifs is 1. The number of anilines is 2. The van der Waals surface area contributed by atoms with Crippen LogP contribution in [0.1, 0.15) is 12.8 Å². The third-order valence-electron chi connectivity index (χ3n) is 5.00. The maximum atomic E-state index is 13.9. The van der Waals surface area contributed by atoms with E-state index in [1.807, 2.05) is 29.2 Å². The molecule has 1 unspecified atom stereocenters. The summed E-state index contributed by atoms with van der Waals surface area (Å²) in [6, 6.07) is 10.6. The molecule has 3 aromatic rings. The average molecular weight is 398 g/mol. The van der Waals surface area contributed by atoms with E-state index in [2.05, 4.69) is 15.3 Å². The Morgan fingerprint density at radius 1 is 1.17 bits per heavy atom. The first-order valence-electron chi connectivity index (χ1n) is 9.37. The number of piperidine rings is 1. The van der Waals surface area contributed by atoms with Crippen LogP contribution in [-0.2, 0) is 4.79 Å². The predicted molar refractivity (Wildman–Crippen MR) is 106 cm³/mol. The highest BCUT2D eigenvalue weighted by atomic mass is 19.1. The van der Waals surface area contributed by atoms with Crippen LogP contribution in [0.5, 0.6) is 5.88 Å². The summed E-state index contributed by atoms with van der Waals surface area (Å²) in [5.74, 6) is -1.19. The Hall–Kier alpha value is -3.29. The van der Waals surface area contributed by atoms with Crippen molar-refractivity contribution in [1.82, 2.24) is 9.97 Å². The fourth-order valence-electron chi connectivity index (χ4n) is 3.53. The van der Waals surface area contributed by atoms with Gasteiger partial charge in [-0.2, -0.15) is 0 Å². The summed E-state index contributed by atoms with van der Waals surface area (Å²) in [7, 11) is 1.54. The number of hydrogen-bond acceptors (Lipinski definition) is 5. The first-order valence-corrected chi connectivity index (χ1v) is 9.37. The molecule has 1 atom stereocenters. The molecule has 0 bridgehead atoms. The number of hydrogen-bond donors (Lipinski definition) is 1. The van der Waals surface area contributed by atoms with E-state index in [1.165, 1.54) is 13.2 Å². The number of amides is 1. The van der Waals surface area contributed by atoms with E-state index < -0.39 is 11.6 Å². The second kappa shape index (κ2) is 7.98. The summed E-state index contributed by atoms with van der Waals surface area (Å²) < 4.78 is 32.4. The Morgan fingerprint density at radius 2 is 1.93 bits per heavy atom. The van der Waals surface area contributed by atoms with Crippen LogP contribution >= 0.6 is 0 Å². The summed E-state index contributed by atoms with van der Waals surface area (Å²) >= 11 is 0. The van der Waals surface area contributed by atoms with Crippen molar-refractivity contribution in [3.63, 3.8) is 0 Å². The molecular weight excluding hydrogens is 378 g/mol. The van der Waals surface area contributed by atoms with Gasteiger partial charge in [0.05, 0.1) is 29.7 Å². The monoisotopic (exact) mass is 398 g/mol.